The molecule has 4 nitrogen and oxygen atoms in total. The van der Waals surface area contributed by atoms with Crippen LogP contribution in [0.4, 0.5) is 0 Å². The van der Waals surface area contributed by atoms with Gasteiger partial charge in [-0.15, -0.1) is 0 Å². The Hall–Kier alpha value is -1.10. The Morgan fingerprint density at radius 1 is 1.64 bits per heavy atom. The largest absolute Gasteiger partial charge is 0.473 e. The van der Waals surface area contributed by atoms with Crippen LogP contribution in [0.3, 0.4) is 0 Å². The van der Waals surface area contributed by atoms with E-state index < -0.39 is 5.97 Å². The summed E-state index contributed by atoms with van der Waals surface area (Å²) in [5.74, 6) is -0.440. The molecule has 0 aliphatic rings. The molecule has 1 aromatic rings. The van der Waals surface area contributed by atoms with Crippen LogP contribution < -0.4 is 4.74 Å². The van der Waals surface area contributed by atoms with E-state index in [0.717, 1.165) is 0 Å². The van der Waals surface area contributed by atoms with E-state index in [1.807, 2.05) is 0 Å². The molecule has 1 heterocycles. The summed E-state index contributed by atoms with van der Waals surface area (Å²) in [6.45, 7) is 0. The number of hydrogen-bond acceptors (Lipinski definition) is 5. The molecule has 0 aromatic carbocycles. The fourth-order valence-electron chi connectivity index (χ4n) is 0.549. The van der Waals surface area contributed by atoms with Crippen LogP contribution in [-0.2, 0) is 4.74 Å². The molecule has 0 N–H and O–H groups in total. The minimum Gasteiger partial charge on any atom is -0.473 e. The minimum absolute atomic E-state index is 0.286. The molecule has 1 rings (SSSR count). The number of methoxy groups -OCH3 is 2. The molecule has 0 aliphatic carbocycles. The summed E-state index contributed by atoms with van der Waals surface area (Å²) in [5.41, 5.74) is 0.286. The van der Waals surface area contributed by atoms with Crippen molar-refractivity contribution < 1.29 is 14.3 Å². The maximum absolute atomic E-state index is 10.8. The number of aromatic nitrogens is 1. The summed E-state index contributed by atoms with van der Waals surface area (Å²) in [5, 5.41) is 2.05. The van der Waals surface area contributed by atoms with Crippen molar-refractivity contribution in [3.8, 4) is 5.19 Å². The number of hydrogen-bond donors (Lipinski definition) is 0. The summed E-state index contributed by atoms with van der Waals surface area (Å²) in [6, 6.07) is 0. The smallest absolute Gasteiger partial charge is 0.357 e. The van der Waals surface area contributed by atoms with Crippen molar-refractivity contribution in [2.45, 2.75) is 0 Å². The van der Waals surface area contributed by atoms with E-state index in [4.69, 9.17) is 4.74 Å². The molecule has 0 aliphatic heterocycles. The maximum Gasteiger partial charge on any atom is 0.357 e. The number of carbonyl (C=O) groups excluding carboxylic acids is 1. The molecule has 60 valence electrons. The average molecular weight is 173 g/mol. The lowest BCUT2D eigenvalue weighted by atomic mass is 10.5. The molecule has 0 spiro atoms. The van der Waals surface area contributed by atoms with Gasteiger partial charge in [-0.3, -0.25) is 0 Å². The van der Waals surface area contributed by atoms with E-state index in [9.17, 15) is 4.79 Å². The number of thiazole rings is 1. The van der Waals surface area contributed by atoms with E-state index in [2.05, 4.69) is 9.72 Å². The summed E-state index contributed by atoms with van der Waals surface area (Å²) >= 11 is 1.26. The van der Waals surface area contributed by atoms with Crippen molar-refractivity contribution >= 4 is 17.3 Å². The van der Waals surface area contributed by atoms with Crippen LogP contribution >= 0.6 is 11.3 Å². The maximum atomic E-state index is 10.8. The van der Waals surface area contributed by atoms with Crippen molar-refractivity contribution in [2.75, 3.05) is 14.2 Å². The Bertz CT molecular complexity index is 258. The highest BCUT2D eigenvalue weighted by atomic mass is 32.1. The van der Waals surface area contributed by atoms with Gasteiger partial charge in [0, 0.05) is 5.38 Å². The lowest BCUT2D eigenvalue weighted by Gasteiger charge is -1.91. The first-order valence-corrected chi connectivity index (χ1v) is 3.73. The molecule has 0 bridgehead atoms. The van der Waals surface area contributed by atoms with Crippen LogP contribution in [0.25, 0.3) is 0 Å². The predicted octanol–water partition coefficient (Wildman–Crippen LogP) is 0.938. The van der Waals surface area contributed by atoms with E-state index in [1.165, 1.54) is 25.6 Å². The normalized spacial score (nSPS) is 9.27. The van der Waals surface area contributed by atoms with Crippen molar-refractivity contribution in [1.82, 2.24) is 4.98 Å². The second-order valence-corrected chi connectivity index (χ2v) is 2.52. The predicted molar refractivity (Wildman–Crippen MR) is 40.0 cm³/mol. The van der Waals surface area contributed by atoms with Gasteiger partial charge in [-0.25, -0.2) is 4.79 Å². The molecular weight excluding hydrogens is 166 g/mol. The van der Waals surface area contributed by atoms with Gasteiger partial charge >= 0.3 is 5.97 Å². The summed E-state index contributed by atoms with van der Waals surface area (Å²) in [6.07, 6.45) is 0. The van der Waals surface area contributed by atoms with Crippen LogP contribution in [0, 0.1) is 0 Å². The quantitative estimate of drug-likeness (QED) is 0.624. The first-order chi connectivity index (χ1) is 5.27. The lowest BCUT2D eigenvalue weighted by molar-refractivity contribution is 0.0594. The SMILES string of the molecule is COC(=O)c1csc(OC)n1. The van der Waals surface area contributed by atoms with Gasteiger partial charge < -0.3 is 9.47 Å². The molecule has 0 saturated heterocycles. The van der Waals surface area contributed by atoms with E-state index in [-0.39, 0.29) is 5.69 Å². The second kappa shape index (κ2) is 3.34. The number of carbonyl (C=O) groups is 1. The third-order valence-corrected chi connectivity index (χ3v) is 1.85. The molecule has 1 aromatic heterocycles. The Morgan fingerprint density at radius 2 is 2.36 bits per heavy atom. The molecule has 0 fully saturated rings. The first kappa shape index (κ1) is 8.00. The summed E-state index contributed by atoms with van der Waals surface area (Å²) in [7, 11) is 2.81. The molecule has 11 heavy (non-hydrogen) atoms. The fourth-order valence-corrected chi connectivity index (χ4v) is 1.16. The Balaban J connectivity index is 2.80. The van der Waals surface area contributed by atoms with Crippen LogP contribution in [0.1, 0.15) is 10.5 Å². The van der Waals surface area contributed by atoms with Gasteiger partial charge in [0.25, 0.3) is 5.19 Å². The standard InChI is InChI=1S/C6H7NO3S/c1-9-5(8)4-3-11-6(7-4)10-2/h3H,1-2H3. The summed E-state index contributed by atoms with van der Waals surface area (Å²) in [4.78, 5) is 14.6. The highest BCUT2D eigenvalue weighted by Gasteiger charge is 2.09. The van der Waals surface area contributed by atoms with Gasteiger partial charge in [0.05, 0.1) is 14.2 Å². The van der Waals surface area contributed by atoms with Crippen LogP contribution in [-0.4, -0.2) is 25.2 Å². The molecule has 0 radical (unpaired) electrons. The van der Waals surface area contributed by atoms with E-state index in [0.29, 0.717) is 5.19 Å². The highest BCUT2D eigenvalue weighted by molar-refractivity contribution is 7.11. The summed E-state index contributed by atoms with van der Waals surface area (Å²) < 4.78 is 9.23. The van der Waals surface area contributed by atoms with Crippen molar-refractivity contribution in [2.24, 2.45) is 0 Å². The third kappa shape index (κ3) is 1.68. The van der Waals surface area contributed by atoms with Gasteiger partial charge in [0.2, 0.25) is 0 Å². The molecule has 5 heteroatoms. The van der Waals surface area contributed by atoms with Crippen molar-refractivity contribution in [3.63, 3.8) is 0 Å². The van der Waals surface area contributed by atoms with Crippen LogP contribution in [0.15, 0.2) is 5.38 Å². The Labute approximate surface area is 67.8 Å². The second-order valence-electron chi connectivity index (χ2n) is 1.69. The molecule has 0 atom stereocenters. The topological polar surface area (TPSA) is 48.4 Å². The zero-order valence-electron chi connectivity index (χ0n) is 6.16. The molecule has 0 amide bonds. The van der Waals surface area contributed by atoms with E-state index >= 15 is 0 Å². The van der Waals surface area contributed by atoms with Gasteiger partial charge in [-0.2, -0.15) is 4.98 Å². The van der Waals surface area contributed by atoms with Gasteiger partial charge in [0.1, 0.15) is 0 Å². The van der Waals surface area contributed by atoms with Crippen LogP contribution in [0.5, 0.6) is 5.19 Å². The van der Waals surface area contributed by atoms with Gasteiger partial charge in [-0.1, -0.05) is 11.3 Å². The zero-order chi connectivity index (χ0) is 8.27. The van der Waals surface area contributed by atoms with Crippen LogP contribution in [0.2, 0.25) is 0 Å². The first-order valence-electron chi connectivity index (χ1n) is 2.85. The van der Waals surface area contributed by atoms with Gasteiger partial charge in [0.15, 0.2) is 5.69 Å². The number of rotatable bonds is 2. The third-order valence-electron chi connectivity index (χ3n) is 1.05. The molecule has 0 saturated carbocycles. The number of ether oxygens (including phenoxy) is 2. The zero-order valence-corrected chi connectivity index (χ0v) is 6.97. The number of esters is 1. The molecule has 0 unspecified atom stereocenters. The minimum atomic E-state index is -0.440. The van der Waals surface area contributed by atoms with Crippen molar-refractivity contribution in [1.29, 1.82) is 0 Å². The fraction of sp³-hybridized carbons (Fsp3) is 0.333. The lowest BCUT2D eigenvalue weighted by Crippen LogP contribution is -2.00. The molecular formula is C6H7NO3S. The van der Waals surface area contributed by atoms with E-state index in [1.54, 1.807) is 5.38 Å². The van der Waals surface area contributed by atoms with Crippen molar-refractivity contribution in [3.05, 3.63) is 11.1 Å². The highest BCUT2D eigenvalue weighted by Crippen LogP contribution is 2.17. The Kier molecular flexibility index (Phi) is 2.43. The Morgan fingerprint density at radius 3 is 2.82 bits per heavy atom. The van der Waals surface area contributed by atoms with Gasteiger partial charge in [-0.05, 0) is 0 Å². The monoisotopic (exact) mass is 173 g/mol. The average Bonchev–Trinajstić information content (AvgIpc) is 2.50. The number of nitrogens with zero attached hydrogens (tertiary/aromatic N) is 1.